The Morgan fingerprint density at radius 1 is 1.48 bits per heavy atom. The first kappa shape index (κ1) is 17.2. The Bertz CT molecular complexity index is 486. The van der Waals surface area contributed by atoms with E-state index in [1.165, 1.54) is 6.20 Å². The molecule has 2 N–H and O–H groups in total. The Kier molecular flexibility index (Phi) is 8.10. The van der Waals surface area contributed by atoms with Crippen LogP contribution in [0.5, 0.6) is 0 Å². The second-order valence-corrected chi connectivity index (χ2v) is 4.97. The molecule has 0 saturated heterocycles. The number of carbonyl (C=O) groups excluding carboxylic acids is 1. The van der Waals surface area contributed by atoms with Crippen LogP contribution in [-0.4, -0.2) is 42.4 Å². The molecule has 1 aromatic rings. The van der Waals surface area contributed by atoms with E-state index in [9.17, 15) is 4.79 Å². The Hall–Kier alpha value is -1.90. The maximum atomic E-state index is 11.8. The van der Waals surface area contributed by atoms with Crippen LogP contribution in [0.15, 0.2) is 18.3 Å². The first-order valence-electron chi connectivity index (χ1n) is 7.05. The first-order valence-corrected chi connectivity index (χ1v) is 7.05. The average molecular weight is 290 g/mol. The van der Waals surface area contributed by atoms with E-state index in [1.54, 1.807) is 12.1 Å². The summed E-state index contributed by atoms with van der Waals surface area (Å²) in [5, 5.41) is 11.4. The van der Waals surface area contributed by atoms with Crippen LogP contribution in [0.2, 0.25) is 0 Å². The van der Waals surface area contributed by atoms with Gasteiger partial charge >= 0.3 is 0 Å². The zero-order valence-corrected chi connectivity index (χ0v) is 12.6. The summed E-state index contributed by atoms with van der Waals surface area (Å²) in [5.41, 5.74) is 1.02. The Labute approximate surface area is 125 Å². The summed E-state index contributed by atoms with van der Waals surface area (Å²) in [4.78, 5) is 15.9. The molecule has 0 aromatic carbocycles. The molecule has 5 nitrogen and oxygen atoms in total. The number of aromatic nitrogens is 1. The maximum Gasteiger partial charge on any atom is 0.269 e. The lowest BCUT2D eigenvalue weighted by Gasteiger charge is -2.07. The topological polar surface area (TPSA) is 71.5 Å². The fourth-order valence-corrected chi connectivity index (χ4v) is 1.53. The summed E-state index contributed by atoms with van der Waals surface area (Å²) >= 11 is 0. The highest BCUT2D eigenvalue weighted by atomic mass is 16.5. The number of nitrogens with zero attached hydrogens (tertiary/aromatic N) is 1. The lowest BCUT2D eigenvalue weighted by molar-refractivity contribution is 0.0920. The highest BCUT2D eigenvalue weighted by molar-refractivity contribution is 5.92. The summed E-state index contributed by atoms with van der Waals surface area (Å²) in [6, 6.07) is 3.32. The molecule has 21 heavy (non-hydrogen) atoms. The number of hydrogen-bond donors (Lipinski definition) is 2. The van der Waals surface area contributed by atoms with Crippen LogP contribution in [0.4, 0.5) is 0 Å². The number of amides is 1. The van der Waals surface area contributed by atoms with E-state index >= 15 is 0 Å². The number of aliphatic hydroxyl groups excluding tert-OH is 1. The molecule has 0 bridgehead atoms. The van der Waals surface area contributed by atoms with Gasteiger partial charge in [-0.25, -0.2) is 4.98 Å². The number of hydrogen-bond acceptors (Lipinski definition) is 4. The van der Waals surface area contributed by atoms with Crippen molar-refractivity contribution in [2.45, 2.75) is 20.3 Å². The van der Waals surface area contributed by atoms with Gasteiger partial charge < -0.3 is 15.2 Å². The smallest absolute Gasteiger partial charge is 0.269 e. The van der Waals surface area contributed by atoms with Crippen molar-refractivity contribution in [3.8, 4) is 11.8 Å². The third-order valence-electron chi connectivity index (χ3n) is 2.51. The molecule has 0 aliphatic carbocycles. The van der Waals surface area contributed by atoms with Gasteiger partial charge in [0.25, 0.3) is 5.91 Å². The van der Waals surface area contributed by atoms with Crippen molar-refractivity contribution in [3.05, 3.63) is 29.6 Å². The largest absolute Gasteiger partial charge is 0.384 e. The van der Waals surface area contributed by atoms with Crippen LogP contribution < -0.4 is 5.32 Å². The predicted octanol–water partition coefficient (Wildman–Crippen LogP) is 1.22. The number of ether oxygens (including phenoxy) is 1. The second kappa shape index (κ2) is 9.92. The fraction of sp³-hybridized carbons (Fsp3) is 0.500. The van der Waals surface area contributed by atoms with Crippen LogP contribution in [0, 0.1) is 17.8 Å². The van der Waals surface area contributed by atoms with Crippen molar-refractivity contribution in [2.75, 3.05) is 26.4 Å². The monoisotopic (exact) mass is 290 g/mol. The third-order valence-corrected chi connectivity index (χ3v) is 2.51. The van der Waals surface area contributed by atoms with Crippen molar-refractivity contribution in [3.63, 3.8) is 0 Å². The molecule has 114 valence electrons. The molecular formula is C16H22N2O3. The molecule has 1 aromatic heterocycles. The van der Waals surface area contributed by atoms with Gasteiger partial charge in [-0.3, -0.25) is 4.79 Å². The second-order valence-electron chi connectivity index (χ2n) is 4.97. The zero-order chi connectivity index (χ0) is 15.5. The third kappa shape index (κ3) is 7.45. The molecule has 0 fully saturated rings. The van der Waals surface area contributed by atoms with Gasteiger partial charge in [-0.1, -0.05) is 25.7 Å². The van der Waals surface area contributed by atoms with Gasteiger partial charge in [-0.05, 0) is 24.5 Å². The van der Waals surface area contributed by atoms with Gasteiger partial charge in [0.15, 0.2) is 0 Å². The predicted molar refractivity (Wildman–Crippen MR) is 80.8 cm³/mol. The van der Waals surface area contributed by atoms with Gasteiger partial charge in [-0.2, -0.15) is 0 Å². The Morgan fingerprint density at radius 3 is 2.90 bits per heavy atom. The van der Waals surface area contributed by atoms with Crippen LogP contribution in [0.25, 0.3) is 0 Å². The molecule has 0 radical (unpaired) electrons. The van der Waals surface area contributed by atoms with Gasteiger partial charge in [0, 0.05) is 31.5 Å². The molecule has 0 saturated carbocycles. The number of carbonyl (C=O) groups is 1. The molecule has 1 rings (SSSR count). The van der Waals surface area contributed by atoms with Crippen LogP contribution >= 0.6 is 0 Å². The van der Waals surface area contributed by atoms with Crippen molar-refractivity contribution >= 4 is 5.91 Å². The first-order chi connectivity index (χ1) is 10.1. The molecule has 0 aliphatic heterocycles. The van der Waals surface area contributed by atoms with E-state index in [0.717, 1.165) is 13.0 Å². The number of aliphatic hydroxyl groups is 1. The average Bonchev–Trinajstić information content (AvgIpc) is 2.48. The maximum absolute atomic E-state index is 11.8. The number of rotatable bonds is 7. The molecule has 5 heteroatoms. The standard InChI is InChI=1S/C16H22N2O3/c1-13(2)12-21-10-4-8-17-16(20)15-7-6-14(11-18-15)5-3-9-19/h6-7,11,13,19H,4,8-10,12H2,1-2H3,(H,17,20). The van der Waals surface area contributed by atoms with E-state index in [2.05, 4.69) is 36.0 Å². The lowest BCUT2D eigenvalue weighted by Crippen LogP contribution is -2.26. The van der Waals surface area contributed by atoms with E-state index in [-0.39, 0.29) is 12.5 Å². The quantitative estimate of drug-likeness (QED) is 0.585. The van der Waals surface area contributed by atoms with Crippen LogP contribution in [0.1, 0.15) is 36.3 Å². The minimum absolute atomic E-state index is 0.193. The fourth-order valence-electron chi connectivity index (χ4n) is 1.53. The van der Waals surface area contributed by atoms with Gasteiger partial charge in [0.1, 0.15) is 12.3 Å². The van der Waals surface area contributed by atoms with Crippen molar-refractivity contribution in [2.24, 2.45) is 5.92 Å². The summed E-state index contributed by atoms with van der Waals surface area (Å²) in [6.07, 6.45) is 2.29. The molecular weight excluding hydrogens is 268 g/mol. The molecule has 1 amide bonds. The minimum Gasteiger partial charge on any atom is -0.384 e. The Morgan fingerprint density at radius 2 is 2.29 bits per heavy atom. The highest BCUT2D eigenvalue weighted by Gasteiger charge is 2.05. The Balaban J connectivity index is 2.29. The summed E-state index contributed by atoms with van der Waals surface area (Å²) in [7, 11) is 0. The number of pyridine rings is 1. The summed E-state index contributed by atoms with van der Waals surface area (Å²) < 4.78 is 5.43. The van der Waals surface area contributed by atoms with E-state index in [0.29, 0.717) is 30.3 Å². The molecule has 0 unspecified atom stereocenters. The van der Waals surface area contributed by atoms with E-state index in [4.69, 9.17) is 9.84 Å². The van der Waals surface area contributed by atoms with Crippen molar-refractivity contribution in [1.82, 2.24) is 10.3 Å². The normalized spacial score (nSPS) is 10.1. The molecule has 0 aliphatic rings. The van der Waals surface area contributed by atoms with Gasteiger partial charge in [-0.15, -0.1) is 0 Å². The zero-order valence-electron chi connectivity index (χ0n) is 12.6. The molecule has 1 heterocycles. The van der Waals surface area contributed by atoms with E-state index < -0.39 is 0 Å². The van der Waals surface area contributed by atoms with Gasteiger partial charge in [0.2, 0.25) is 0 Å². The number of nitrogens with one attached hydrogen (secondary N) is 1. The van der Waals surface area contributed by atoms with Crippen molar-refractivity contribution in [1.29, 1.82) is 0 Å². The summed E-state index contributed by atoms with van der Waals surface area (Å²) in [6.45, 7) is 5.95. The van der Waals surface area contributed by atoms with Crippen LogP contribution in [0.3, 0.4) is 0 Å². The molecule has 0 spiro atoms. The SMILES string of the molecule is CC(C)COCCCNC(=O)c1ccc(C#CCO)cn1. The van der Waals surface area contributed by atoms with E-state index in [1.807, 2.05) is 0 Å². The molecule has 0 atom stereocenters. The minimum atomic E-state index is -0.208. The summed E-state index contributed by atoms with van der Waals surface area (Å²) in [5.74, 6) is 5.57. The van der Waals surface area contributed by atoms with Gasteiger partial charge in [0.05, 0.1) is 0 Å². The van der Waals surface area contributed by atoms with Crippen LogP contribution in [-0.2, 0) is 4.74 Å². The highest BCUT2D eigenvalue weighted by Crippen LogP contribution is 1.99. The lowest BCUT2D eigenvalue weighted by atomic mass is 10.2. The van der Waals surface area contributed by atoms with Crippen molar-refractivity contribution < 1.29 is 14.6 Å².